The highest BCUT2D eigenvalue weighted by atomic mass is 14.9. The summed E-state index contributed by atoms with van der Waals surface area (Å²) in [5.41, 5.74) is 8.50. The Morgan fingerprint density at radius 1 is 1.10 bits per heavy atom. The van der Waals surface area contributed by atoms with E-state index in [1.54, 1.807) is 0 Å². The summed E-state index contributed by atoms with van der Waals surface area (Å²) in [7, 11) is 0. The molecule has 0 aromatic heterocycles. The van der Waals surface area contributed by atoms with Crippen molar-refractivity contribution >= 4 is 0 Å². The maximum absolute atomic E-state index is 7.24. The second-order valence-corrected chi connectivity index (χ2v) is 10.0. The standard InChI is InChI=1S/C20H37N/c1-8-17(4,5)20(21)12-11-19-13(2)9-10-15(19)18(6,7)16(20)14(19)3/h13-16H,8-12,21H2,1-7H3/t13-,14-,15?,16?,19-,20+/m1/s1. The minimum Gasteiger partial charge on any atom is -0.324 e. The van der Waals surface area contributed by atoms with Crippen molar-refractivity contribution in [1.29, 1.82) is 0 Å². The molecule has 1 spiro atoms. The van der Waals surface area contributed by atoms with Gasteiger partial charge in [-0.25, -0.2) is 0 Å². The Bertz CT molecular complexity index is 437. The summed E-state index contributed by atoms with van der Waals surface area (Å²) in [6, 6.07) is 0. The molecule has 0 aromatic carbocycles. The van der Waals surface area contributed by atoms with Gasteiger partial charge in [-0.2, -0.15) is 0 Å². The van der Waals surface area contributed by atoms with E-state index in [2.05, 4.69) is 48.5 Å². The SMILES string of the molecule is CCC(C)(C)[C@]1(N)CC[C@@]23C(CC[C@H]2C)C(C)(C)C1[C@H]3C. The van der Waals surface area contributed by atoms with Crippen LogP contribution in [0.4, 0.5) is 0 Å². The summed E-state index contributed by atoms with van der Waals surface area (Å²) in [5, 5.41) is 0. The molecule has 0 radical (unpaired) electrons. The molecule has 2 N–H and O–H groups in total. The molecule has 0 saturated heterocycles. The van der Waals surface area contributed by atoms with Crippen LogP contribution in [0.5, 0.6) is 0 Å². The van der Waals surface area contributed by atoms with Gasteiger partial charge in [-0.1, -0.05) is 48.5 Å². The van der Waals surface area contributed by atoms with Crippen molar-refractivity contribution in [1.82, 2.24) is 0 Å². The van der Waals surface area contributed by atoms with Gasteiger partial charge in [0.2, 0.25) is 0 Å². The van der Waals surface area contributed by atoms with Crippen LogP contribution >= 0.6 is 0 Å². The van der Waals surface area contributed by atoms with Crippen molar-refractivity contribution < 1.29 is 0 Å². The van der Waals surface area contributed by atoms with Gasteiger partial charge in [-0.05, 0) is 72.0 Å². The van der Waals surface area contributed by atoms with Gasteiger partial charge in [-0.3, -0.25) is 0 Å². The zero-order valence-electron chi connectivity index (χ0n) is 15.4. The molecule has 3 saturated carbocycles. The lowest BCUT2D eigenvalue weighted by Crippen LogP contribution is -2.64. The highest BCUT2D eigenvalue weighted by Gasteiger charge is 2.73. The Balaban J connectivity index is 2.12. The largest absolute Gasteiger partial charge is 0.324 e. The van der Waals surface area contributed by atoms with Gasteiger partial charge in [0.1, 0.15) is 0 Å². The lowest BCUT2D eigenvalue weighted by atomic mass is 9.50. The van der Waals surface area contributed by atoms with Crippen LogP contribution in [0.2, 0.25) is 0 Å². The van der Waals surface area contributed by atoms with Crippen molar-refractivity contribution in [2.45, 2.75) is 86.1 Å². The van der Waals surface area contributed by atoms with Gasteiger partial charge in [0.25, 0.3) is 0 Å². The highest BCUT2D eigenvalue weighted by Crippen LogP contribution is 2.76. The molecule has 2 bridgehead atoms. The van der Waals surface area contributed by atoms with E-state index in [0.29, 0.717) is 16.7 Å². The van der Waals surface area contributed by atoms with Gasteiger partial charge < -0.3 is 5.73 Å². The first-order valence-corrected chi connectivity index (χ1v) is 9.34. The molecule has 122 valence electrons. The highest BCUT2D eigenvalue weighted by molar-refractivity contribution is 5.23. The van der Waals surface area contributed by atoms with Crippen LogP contribution in [-0.2, 0) is 0 Å². The average Bonchev–Trinajstić information content (AvgIpc) is 2.78. The maximum atomic E-state index is 7.24. The molecule has 3 rings (SSSR count). The molecule has 3 aliphatic carbocycles. The van der Waals surface area contributed by atoms with Gasteiger partial charge in [0, 0.05) is 5.54 Å². The van der Waals surface area contributed by atoms with Gasteiger partial charge in [0.05, 0.1) is 0 Å². The Labute approximate surface area is 132 Å². The fourth-order valence-corrected chi connectivity index (χ4v) is 7.73. The Morgan fingerprint density at radius 3 is 2.29 bits per heavy atom. The van der Waals surface area contributed by atoms with Crippen molar-refractivity contribution in [3.63, 3.8) is 0 Å². The zero-order valence-corrected chi connectivity index (χ0v) is 15.4. The van der Waals surface area contributed by atoms with Crippen LogP contribution in [0.25, 0.3) is 0 Å². The van der Waals surface area contributed by atoms with E-state index < -0.39 is 0 Å². The zero-order chi connectivity index (χ0) is 15.8. The summed E-state index contributed by atoms with van der Waals surface area (Å²) < 4.78 is 0. The molecule has 6 atom stereocenters. The third kappa shape index (κ3) is 1.57. The predicted molar refractivity (Wildman–Crippen MR) is 91.0 cm³/mol. The molecule has 0 amide bonds. The van der Waals surface area contributed by atoms with Crippen LogP contribution in [0.3, 0.4) is 0 Å². The van der Waals surface area contributed by atoms with E-state index in [0.717, 1.165) is 17.8 Å². The van der Waals surface area contributed by atoms with Crippen molar-refractivity contribution in [2.24, 2.45) is 45.7 Å². The summed E-state index contributed by atoms with van der Waals surface area (Å²) in [5.74, 6) is 3.27. The quantitative estimate of drug-likeness (QED) is 0.740. The Hall–Kier alpha value is -0.0400. The summed E-state index contributed by atoms with van der Waals surface area (Å²) >= 11 is 0. The minimum absolute atomic E-state index is 0.0139. The Morgan fingerprint density at radius 2 is 1.71 bits per heavy atom. The first-order valence-electron chi connectivity index (χ1n) is 9.34. The molecule has 1 heteroatoms. The lowest BCUT2D eigenvalue weighted by Gasteiger charge is -2.58. The summed E-state index contributed by atoms with van der Waals surface area (Å²) in [4.78, 5) is 0. The number of rotatable bonds is 2. The van der Waals surface area contributed by atoms with Crippen LogP contribution in [0, 0.1) is 39.9 Å². The number of nitrogens with two attached hydrogens (primary N) is 1. The topological polar surface area (TPSA) is 26.0 Å². The minimum atomic E-state index is 0.0139. The van der Waals surface area contributed by atoms with E-state index in [1.165, 1.54) is 32.1 Å². The molecule has 3 aliphatic rings. The average molecular weight is 292 g/mol. The molecule has 2 unspecified atom stereocenters. The van der Waals surface area contributed by atoms with Gasteiger partial charge in [-0.15, -0.1) is 0 Å². The predicted octanol–water partition coefficient (Wildman–Crippen LogP) is 5.24. The Kier molecular flexibility index (Phi) is 3.23. The van der Waals surface area contributed by atoms with E-state index in [-0.39, 0.29) is 11.0 Å². The number of fused-ring (bicyclic) bond motifs is 1. The van der Waals surface area contributed by atoms with E-state index in [4.69, 9.17) is 5.73 Å². The molecule has 21 heavy (non-hydrogen) atoms. The molecule has 3 fully saturated rings. The van der Waals surface area contributed by atoms with Crippen LogP contribution in [0.1, 0.15) is 80.6 Å². The van der Waals surface area contributed by atoms with Crippen LogP contribution in [-0.4, -0.2) is 5.54 Å². The van der Waals surface area contributed by atoms with Gasteiger partial charge in [0.15, 0.2) is 0 Å². The fraction of sp³-hybridized carbons (Fsp3) is 1.00. The van der Waals surface area contributed by atoms with Crippen molar-refractivity contribution in [3.8, 4) is 0 Å². The molecule has 1 nitrogen and oxygen atoms in total. The summed E-state index contributed by atoms with van der Waals surface area (Å²) in [6.45, 7) is 17.4. The maximum Gasteiger partial charge on any atom is 0.0242 e. The van der Waals surface area contributed by atoms with Crippen molar-refractivity contribution in [2.75, 3.05) is 0 Å². The van der Waals surface area contributed by atoms with Crippen LogP contribution < -0.4 is 5.73 Å². The van der Waals surface area contributed by atoms with E-state index in [9.17, 15) is 0 Å². The lowest BCUT2D eigenvalue weighted by molar-refractivity contribution is -0.0457. The third-order valence-corrected chi connectivity index (χ3v) is 9.17. The first-order chi connectivity index (χ1) is 9.55. The number of hydrogen-bond donors (Lipinski definition) is 1. The monoisotopic (exact) mass is 291 g/mol. The third-order valence-electron chi connectivity index (χ3n) is 9.17. The molecule has 0 aromatic rings. The molecule has 0 aliphatic heterocycles. The molecular weight excluding hydrogens is 254 g/mol. The van der Waals surface area contributed by atoms with Crippen LogP contribution in [0.15, 0.2) is 0 Å². The van der Waals surface area contributed by atoms with E-state index >= 15 is 0 Å². The first kappa shape index (κ1) is 15.8. The number of hydrogen-bond acceptors (Lipinski definition) is 1. The van der Waals surface area contributed by atoms with Gasteiger partial charge >= 0.3 is 0 Å². The second kappa shape index (κ2) is 4.28. The van der Waals surface area contributed by atoms with Crippen molar-refractivity contribution in [3.05, 3.63) is 0 Å². The van der Waals surface area contributed by atoms with E-state index in [1.807, 2.05) is 0 Å². The molecular formula is C20H37N. The smallest absolute Gasteiger partial charge is 0.0242 e. The fourth-order valence-electron chi connectivity index (χ4n) is 7.73. The second-order valence-electron chi connectivity index (χ2n) is 10.0. The summed E-state index contributed by atoms with van der Waals surface area (Å²) in [6.07, 6.45) is 6.69. The molecule has 0 heterocycles. The normalized spacial score (nSPS) is 52.0.